The molecular formula is C16H21N7O5P+. The van der Waals surface area contributed by atoms with E-state index in [2.05, 4.69) is 20.3 Å². The number of anilines is 2. The number of hydrogen-bond acceptors (Lipinski definition) is 9. The number of imidazole rings is 1. The molecule has 3 aromatic rings. The zero-order valence-corrected chi connectivity index (χ0v) is 16.3. The lowest BCUT2D eigenvalue weighted by Crippen LogP contribution is -2.38. The lowest BCUT2D eigenvalue weighted by molar-refractivity contribution is -0.529. The molecule has 0 aliphatic carbocycles. The molecular weight excluding hydrogens is 401 g/mol. The van der Waals surface area contributed by atoms with Gasteiger partial charge in [0.2, 0.25) is 0 Å². The summed E-state index contributed by atoms with van der Waals surface area (Å²) in [5.74, 6) is 0.166. The predicted molar refractivity (Wildman–Crippen MR) is 102 cm³/mol. The van der Waals surface area contributed by atoms with Crippen molar-refractivity contribution in [3.05, 3.63) is 37.2 Å². The van der Waals surface area contributed by atoms with Gasteiger partial charge in [-0.3, -0.25) is 9.46 Å². The number of hydrogen-bond donors (Lipinski definition) is 5. The first kappa shape index (κ1) is 19.7. The number of nitrogens with zero attached hydrogens (tertiary/aromatic N) is 5. The van der Waals surface area contributed by atoms with Crippen molar-refractivity contribution in [3.8, 4) is 0 Å². The van der Waals surface area contributed by atoms with Gasteiger partial charge < -0.3 is 26.0 Å². The van der Waals surface area contributed by atoms with Gasteiger partial charge in [0.05, 0.1) is 6.33 Å². The summed E-state index contributed by atoms with van der Waals surface area (Å²) in [7, 11) is -2.19. The van der Waals surface area contributed by atoms with Crippen molar-refractivity contribution in [2.75, 3.05) is 24.3 Å². The van der Waals surface area contributed by atoms with Gasteiger partial charge in [-0.25, -0.2) is 19.5 Å². The van der Waals surface area contributed by atoms with Gasteiger partial charge in [0.25, 0.3) is 0 Å². The SMILES string of the molecule is CNc1cc[n+](P(=O)(O)C[C@H]2O[C@@H](n3cnc4c(N)ncnc43)[C@H](O)[C@@H]2O)cc1. The molecule has 29 heavy (non-hydrogen) atoms. The van der Waals surface area contributed by atoms with Crippen molar-refractivity contribution in [2.45, 2.75) is 24.5 Å². The molecule has 0 radical (unpaired) electrons. The molecule has 0 saturated carbocycles. The van der Waals surface area contributed by atoms with Gasteiger partial charge in [-0.2, -0.15) is 0 Å². The Morgan fingerprint density at radius 3 is 2.69 bits per heavy atom. The quantitative estimate of drug-likeness (QED) is 0.324. The minimum Gasteiger partial charge on any atom is -0.388 e. The largest absolute Gasteiger partial charge is 0.458 e. The van der Waals surface area contributed by atoms with E-state index in [1.54, 1.807) is 19.2 Å². The maximum absolute atomic E-state index is 12.8. The molecule has 5 atom stereocenters. The number of nitrogen functional groups attached to an aromatic ring is 1. The van der Waals surface area contributed by atoms with Gasteiger partial charge in [-0.15, -0.1) is 4.34 Å². The van der Waals surface area contributed by atoms with Gasteiger partial charge in [-0.05, 0) is 0 Å². The summed E-state index contributed by atoms with van der Waals surface area (Å²) in [6, 6.07) is 3.29. The molecule has 0 aromatic carbocycles. The monoisotopic (exact) mass is 422 g/mol. The number of ether oxygens (including phenoxy) is 1. The number of fused-ring (bicyclic) bond motifs is 1. The second-order valence-electron chi connectivity index (χ2n) is 6.69. The average molecular weight is 422 g/mol. The van der Waals surface area contributed by atoms with Crippen molar-refractivity contribution >= 4 is 30.2 Å². The predicted octanol–water partition coefficient (Wildman–Crippen LogP) is -0.909. The van der Waals surface area contributed by atoms with E-state index in [1.165, 1.54) is 34.0 Å². The lowest BCUT2D eigenvalue weighted by Gasteiger charge is -2.16. The summed E-state index contributed by atoms with van der Waals surface area (Å²) in [4.78, 5) is 22.6. The number of aliphatic hydroxyl groups is 2. The highest BCUT2D eigenvalue weighted by Crippen LogP contribution is 2.41. The highest BCUT2D eigenvalue weighted by molar-refractivity contribution is 7.50. The molecule has 4 heterocycles. The second-order valence-corrected chi connectivity index (χ2v) is 8.85. The summed E-state index contributed by atoms with van der Waals surface area (Å²) < 4.78 is 21.2. The third-order valence-electron chi connectivity index (χ3n) is 4.88. The lowest BCUT2D eigenvalue weighted by atomic mass is 10.1. The molecule has 1 fully saturated rings. The van der Waals surface area contributed by atoms with E-state index in [0.29, 0.717) is 11.2 Å². The normalized spacial score (nSPS) is 26.5. The Morgan fingerprint density at radius 1 is 1.28 bits per heavy atom. The van der Waals surface area contributed by atoms with Crippen LogP contribution in [0.4, 0.5) is 11.5 Å². The second kappa shape index (κ2) is 7.32. The molecule has 1 aliphatic heterocycles. The zero-order chi connectivity index (χ0) is 20.8. The zero-order valence-electron chi connectivity index (χ0n) is 15.4. The molecule has 4 rings (SSSR count). The van der Waals surface area contributed by atoms with Crippen molar-refractivity contribution in [2.24, 2.45) is 0 Å². The molecule has 1 aliphatic rings. The molecule has 154 valence electrons. The van der Waals surface area contributed by atoms with Crippen LogP contribution in [0.25, 0.3) is 11.2 Å². The van der Waals surface area contributed by atoms with E-state index in [0.717, 1.165) is 5.69 Å². The third-order valence-corrected chi connectivity index (χ3v) is 6.70. The number of aliphatic hydroxyl groups excluding tert-OH is 2. The fraction of sp³-hybridized carbons (Fsp3) is 0.375. The summed E-state index contributed by atoms with van der Waals surface area (Å²) in [5, 5.41) is 23.8. The van der Waals surface area contributed by atoms with Crippen molar-refractivity contribution in [1.82, 2.24) is 19.5 Å². The summed E-state index contributed by atoms with van der Waals surface area (Å²) in [6.07, 6.45) is 0.274. The van der Waals surface area contributed by atoms with E-state index in [4.69, 9.17) is 10.5 Å². The fourth-order valence-corrected chi connectivity index (χ4v) is 4.80. The topological polar surface area (TPSA) is 173 Å². The van der Waals surface area contributed by atoms with E-state index in [-0.39, 0.29) is 5.82 Å². The molecule has 1 unspecified atom stereocenters. The molecule has 0 amide bonds. The first-order valence-electron chi connectivity index (χ1n) is 8.78. The van der Waals surface area contributed by atoms with Crippen molar-refractivity contribution in [1.29, 1.82) is 0 Å². The van der Waals surface area contributed by atoms with Crippen LogP contribution in [0.3, 0.4) is 0 Å². The van der Waals surface area contributed by atoms with E-state index >= 15 is 0 Å². The van der Waals surface area contributed by atoms with Crippen LogP contribution in [0, 0.1) is 0 Å². The first-order valence-corrected chi connectivity index (χ1v) is 10.6. The van der Waals surface area contributed by atoms with Crippen LogP contribution in [0.5, 0.6) is 0 Å². The Labute approximate surface area is 165 Å². The highest BCUT2D eigenvalue weighted by Gasteiger charge is 2.49. The number of pyridine rings is 1. The van der Waals surface area contributed by atoms with Gasteiger partial charge in [0.15, 0.2) is 30.1 Å². The average Bonchev–Trinajstić information content (AvgIpc) is 3.25. The summed E-state index contributed by atoms with van der Waals surface area (Å²) in [5.41, 5.74) is 7.19. The first-order chi connectivity index (χ1) is 13.8. The molecule has 0 bridgehead atoms. The van der Waals surface area contributed by atoms with E-state index in [1.807, 2.05) is 0 Å². The maximum Gasteiger partial charge on any atom is 0.458 e. The van der Waals surface area contributed by atoms with Gasteiger partial charge in [0, 0.05) is 24.9 Å². The summed E-state index contributed by atoms with van der Waals surface area (Å²) >= 11 is 0. The molecule has 12 nitrogen and oxygen atoms in total. The number of nitrogens with one attached hydrogen (secondary N) is 1. The minimum absolute atomic E-state index is 0.166. The Balaban J connectivity index is 1.58. The Morgan fingerprint density at radius 2 is 2.00 bits per heavy atom. The smallest absolute Gasteiger partial charge is 0.388 e. The Bertz CT molecular complexity index is 1080. The van der Waals surface area contributed by atoms with Crippen LogP contribution in [-0.2, 0) is 9.30 Å². The molecule has 1 saturated heterocycles. The van der Waals surface area contributed by atoms with Gasteiger partial charge in [0.1, 0.15) is 36.3 Å². The maximum atomic E-state index is 12.8. The highest BCUT2D eigenvalue weighted by atomic mass is 31.2. The number of aromatic nitrogens is 5. The number of nitrogens with two attached hydrogens (primary N) is 1. The Kier molecular flexibility index (Phi) is 4.97. The fourth-order valence-electron chi connectivity index (χ4n) is 3.29. The van der Waals surface area contributed by atoms with Crippen LogP contribution in [0.15, 0.2) is 37.2 Å². The van der Waals surface area contributed by atoms with Gasteiger partial charge >= 0.3 is 7.52 Å². The van der Waals surface area contributed by atoms with Crippen LogP contribution in [0.1, 0.15) is 6.23 Å². The molecule has 3 aromatic heterocycles. The summed E-state index contributed by atoms with van der Waals surface area (Å²) in [6.45, 7) is 0. The molecule has 6 N–H and O–H groups in total. The van der Waals surface area contributed by atoms with E-state index < -0.39 is 38.2 Å². The van der Waals surface area contributed by atoms with Crippen LogP contribution >= 0.6 is 7.52 Å². The van der Waals surface area contributed by atoms with Gasteiger partial charge in [-0.1, -0.05) is 0 Å². The minimum atomic E-state index is -3.93. The van der Waals surface area contributed by atoms with Crippen LogP contribution < -0.4 is 15.4 Å². The number of rotatable bonds is 5. The Hall–Kier alpha value is -2.63. The standard InChI is InChI=1S/C16H20N7O5P/c1-18-9-2-4-22(5-3-9)29(26,27)6-10-12(24)13(25)16(28-10)23-8-21-11-14(17)19-7-20-15(11)23/h2-5,7-8,10,12-13,16,24-25H,6H2,1H3,(H3,17,19,20,26,27)/p+1/t10-,12-,13-,16-/m1/s1. The van der Waals surface area contributed by atoms with Crippen LogP contribution in [-0.4, -0.2) is 66.1 Å². The molecule has 13 heteroatoms. The van der Waals surface area contributed by atoms with Crippen molar-refractivity contribution < 1.29 is 28.7 Å². The van der Waals surface area contributed by atoms with Crippen LogP contribution in [0.2, 0.25) is 0 Å². The van der Waals surface area contributed by atoms with Crippen molar-refractivity contribution in [3.63, 3.8) is 0 Å². The van der Waals surface area contributed by atoms with E-state index in [9.17, 15) is 19.7 Å². The molecule has 0 spiro atoms. The third kappa shape index (κ3) is 3.45.